The van der Waals surface area contributed by atoms with Crippen LogP contribution in [0, 0.1) is 5.82 Å². The molecule has 0 radical (unpaired) electrons. The molecule has 0 unspecified atom stereocenters. The van der Waals surface area contributed by atoms with E-state index in [1.807, 2.05) is 0 Å². The Kier molecular flexibility index (Phi) is 4.64. The highest BCUT2D eigenvalue weighted by Crippen LogP contribution is 2.23. The molecule has 0 saturated carbocycles. The van der Waals surface area contributed by atoms with E-state index >= 15 is 0 Å². The molecule has 1 aromatic carbocycles. The summed E-state index contributed by atoms with van der Waals surface area (Å²) in [5.74, 6) is -0.276. The second-order valence-electron chi connectivity index (χ2n) is 6.02. The van der Waals surface area contributed by atoms with Gasteiger partial charge in [-0.1, -0.05) is 12.1 Å². The Bertz CT molecular complexity index is 842. The quantitative estimate of drug-likeness (QED) is 0.834. The second-order valence-corrected chi connectivity index (χ2v) is 6.02. The first-order chi connectivity index (χ1) is 11.5. The van der Waals surface area contributed by atoms with Crippen LogP contribution in [0.3, 0.4) is 0 Å². The zero-order chi connectivity index (χ0) is 17.3. The summed E-state index contributed by atoms with van der Waals surface area (Å²) in [5, 5.41) is 0. The average Bonchev–Trinajstić information content (AvgIpc) is 2.59. The van der Waals surface area contributed by atoms with E-state index in [1.165, 1.54) is 29.8 Å². The molecule has 1 saturated heterocycles. The number of benzene rings is 1. The molecular weight excluding hydrogens is 313 g/mol. The summed E-state index contributed by atoms with van der Waals surface area (Å²) in [4.78, 5) is 26.0. The van der Waals surface area contributed by atoms with Crippen LogP contribution in [0.15, 0.2) is 39.9 Å². The highest BCUT2D eigenvalue weighted by atomic mass is 19.1. The van der Waals surface area contributed by atoms with Gasteiger partial charge in [0, 0.05) is 45.5 Å². The van der Waals surface area contributed by atoms with Crippen LogP contribution in [-0.2, 0) is 25.4 Å². The first kappa shape index (κ1) is 16.6. The van der Waals surface area contributed by atoms with Crippen molar-refractivity contribution in [2.45, 2.75) is 12.6 Å². The summed E-state index contributed by atoms with van der Waals surface area (Å²) < 4.78 is 21.4. The van der Waals surface area contributed by atoms with Crippen LogP contribution in [0.5, 0.6) is 0 Å². The topological polar surface area (TPSA) is 56.5 Å². The van der Waals surface area contributed by atoms with Gasteiger partial charge in [0.15, 0.2) is 0 Å². The molecule has 2 heterocycles. The van der Waals surface area contributed by atoms with Crippen molar-refractivity contribution in [1.82, 2.24) is 14.0 Å². The number of halogens is 1. The van der Waals surface area contributed by atoms with Crippen LogP contribution in [-0.4, -0.2) is 33.7 Å². The molecule has 1 aliphatic rings. The molecule has 0 aliphatic carbocycles. The van der Waals surface area contributed by atoms with Crippen molar-refractivity contribution in [3.05, 3.63) is 68.2 Å². The summed E-state index contributed by atoms with van der Waals surface area (Å²) >= 11 is 0. The molecule has 0 amide bonds. The number of ether oxygens (including phenoxy) is 1. The normalized spacial score (nSPS) is 18.7. The fourth-order valence-electron chi connectivity index (χ4n) is 2.88. The zero-order valence-corrected chi connectivity index (χ0v) is 13.7. The van der Waals surface area contributed by atoms with E-state index in [1.54, 1.807) is 19.2 Å². The van der Waals surface area contributed by atoms with E-state index in [0.29, 0.717) is 31.9 Å². The summed E-state index contributed by atoms with van der Waals surface area (Å²) in [6.07, 6.45) is -0.150. The minimum absolute atomic E-state index is 0.150. The van der Waals surface area contributed by atoms with Crippen molar-refractivity contribution in [3.8, 4) is 0 Å². The van der Waals surface area contributed by atoms with E-state index in [-0.39, 0.29) is 23.2 Å². The minimum atomic E-state index is -0.333. The molecule has 0 bridgehead atoms. The van der Waals surface area contributed by atoms with Gasteiger partial charge in [-0.2, -0.15) is 0 Å². The second kappa shape index (κ2) is 6.70. The summed E-state index contributed by atoms with van der Waals surface area (Å²) in [5.41, 5.74) is 0.944. The van der Waals surface area contributed by atoms with Gasteiger partial charge in [-0.05, 0) is 17.7 Å². The molecule has 6 nitrogen and oxygen atoms in total. The van der Waals surface area contributed by atoms with Gasteiger partial charge in [0.05, 0.1) is 12.7 Å². The van der Waals surface area contributed by atoms with Crippen molar-refractivity contribution in [2.24, 2.45) is 14.1 Å². The van der Waals surface area contributed by atoms with Crippen molar-refractivity contribution < 1.29 is 9.13 Å². The van der Waals surface area contributed by atoms with E-state index in [2.05, 4.69) is 4.90 Å². The lowest BCUT2D eigenvalue weighted by Crippen LogP contribution is -2.42. The van der Waals surface area contributed by atoms with Gasteiger partial charge in [-0.25, -0.2) is 9.18 Å². The third kappa shape index (κ3) is 3.32. The molecular formula is C17H20FN3O3. The fourth-order valence-corrected chi connectivity index (χ4v) is 2.88. The van der Waals surface area contributed by atoms with Crippen molar-refractivity contribution in [1.29, 1.82) is 0 Å². The maximum absolute atomic E-state index is 13.1. The van der Waals surface area contributed by atoms with Crippen LogP contribution < -0.4 is 11.2 Å². The predicted molar refractivity (Wildman–Crippen MR) is 87.3 cm³/mol. The largest absolute Gasteiger partial charge is 0.371 e. The molecule has 1 atom stereocenters. The molecule has 7 heteroatoms. The Hall–Kier alpha value is -2.25. The number of hydrogen-bond acceptors (Lipinski definition) is 4. The third-order valence-corrected chi connectivity index (χ3v) is 4.40. The molecule has 1 aliphatic heterocycles. The lowest BCUT2D eigenvalue weighted by atomic mass is 10.1. The third-order valence-electron chi connectivity index (χ3n) is 4.40. The van der Waals surface area contributed by atoms with Gasteiger partial charge in [0.2, 0.25) is 0 Å². The van der Waals surface area contributed by atoms with Gasteiger partial charge < -0.3 is 4.74 Å². The number of nitrogens with zero attached hydrogens (tertiary/aromatic N) is 3. The molecule has 1 aromatic heterocycles. The van der Waals surface area contributed by atoms with Gasteiger partial charge in [-0.15, -0.1) is 0 Å². The minimum Gasteiger partial charge on any atom is -0.371 e. The maximum atomic E-state index is 13.1. The number of aromatic nitrogens is 2. The Morgan fingerprint density at radius 1 is 1.17 bits per heavy atom. The van der Waals surface area contributed by atoms with Gasteiger partial charge >= 0.3 is 5.69 Å². The first-order valence-corrected chi connectivity index (χ1v) is 7.81. The highest BCUT2D eigenvalue weighted by molar-refractivity contribution is 5.19. The molecule has 128 valence electrons. The SMILES string of the molecule is Cn1c(CN2CCO[C@@H](c3ccc(F)cc3)C2)cc(=O)n(C)c1=O. The lowest BCUT2D eigenvalue weighted by molar-refractivity contribution is -0.0336. The molecule has 0 spiro atoms. The summed E-state index contributed by atoms with van der Waals surface area (Å²) in [7, 11) is 3.13. The van der Waals surface area contributed by atoms with Crippen LogP contribution in [0.25, 0.3) is 0 Å². The number of rotatable bonds is 3. The first-order valence-electron chi connectivity index (χ1n) is 7.81. The summed E-state index contributed by atoms with van der Waals surface area (Å²) in [6, 6.07) is 7.77. The number of hydrogen-bond donors (Lipinski definition) is 0. The van der Waals surface area contributed by atoms with Crippen LogP contribution in [0.4, 0.5) is 4.39 Å². The van der Waals surface area contributed by atoms with E-state index in [9.17, 15) is 14.0 Å². The van der Waals surface area contributed by atoms with E-state index in [0.717, 1.165) is 10.1 Å². The Morgan fingerprint density at radius 2 is 1.88 bits per heavy atom. The van der Waals surface area contributed by atoms with E-state index in [4.69, 9.17) is 4.74 Å². The predicted octanol–water partition coefficient (Wildman–Crippen LogP) is 0.797. The molecule has 1 fully saturated rings. The molecule has 2 aromatic rings. The lowest BCUT2D eigenvalue weighted by Gasteiger charge is -2.33. The molecule has 0 N–H and O–H groups in total. The fraction of sp³-hybridized carbons (Fsp3) is 0.412. The Morgan fingerprint density at radius 3 is 2.58 bits per heavy atom. The Balaban J connectivity index is 1.78. The zero-order valence-electron chi connectivity index (χ0n) is 13.7. The van der Waals surface area contributed by atoms with Crippen molar-refractivity contribution in [3.63, 3.8) is 0 Å². The van der Waals surface area contributed by atoms with Gasteiger partial charge in [0.1, 0.15) is 5.82 Å². The molecule has 3 rings (SSSR count). The van der Waals surface area contributed by atoms with Crippen LogP contribution >= 0.6 is 0 Å². The molecule has 24 heavy (non-hydrogen) atoms. The number of morpholine rings is 1. The van der Waals surface area contributed by atoms with Crippen molar-refractivity contribution >= 4 is 0 Å². The standard InChI is InChI=1S/C17H20FN3O3/c1-19-14(9-16(22)20(2)17(19)23)10-21-7-8-24-15(11-21)12-3-5-13(18)6-4-12/h3-6,9,15H,7-8,10-11H2,1-2H3/t15-/m1/s1. The summed E-state index contributed by atoms with van der Waals surface area (Å²) in [6.45, 7) is 2.36. The van der Waals surface area contributed by atoms with Crippen molar-refractivity contribution in [2.75, 3.05) is 19.7 Å². The highest BCUT2D eigenvalue weighted by Gasteiger charge is 2.23. The van der Waals surface area contributed by atoms with Crippen LogP contribution in [0.2, 0.25) is 0 Å². The maximum Gasteiger partial charge on any atom is 0.330 e. The monoisotopic (exact) mass is 333 g/mol. The Labute approximate surface area is 138 Å². The van der Waals surface area contributed by atoms with E-state index < -0.39 is 0 Å². The average molecular weight is 333 g/mol. The van der Waals surface area contributed by atoms with Crippen LogP contribution in [0.1, 0.15) is 17.4 Å². The van der Waals surface area contributed by atoms with Gasteiger partial charge in [0.25, 0.3) is 5.56 Å². The van der Waals surface area contributed by atoms with Gasteiger partial charge in [-0.3, -0.25) is 18.8 Å². The smallest absolute Gasteiger partial charge is 0.330 e.